The molecule has 0 aliphatic carbocycles. The molecule has 102 valence electrons. The Balaban J connectivity index is 2.01. The van der Waals surface area contributed by atoms with Crippen molar-refractivity contribution in [3.8, 4) is 0 Å². The van der Waals surface area contributed by atoms with Crippen molar-refractivity contribution in [3.63, 3.8) is 0 Å². The van der Waals surface area contributed by atoms with E-state index in [1.165, 1.54) is 0 Å². The van der Waals surface area contributed by atoms with Crippen LogP contribution in [-0.2, 0) is 14.2 Å². The van der Waals surface area contributed by atoms with E-state index in [4.69, 9.17) is 14.2 Å². The molecule has 1 aliphatic rings. The summed E-state index contributed by atoms with van der Waals surface area (Å²) in [7, 11) is 1.64. The van der Waals surface area contributed by atoms with E-state index in [-0.39, 0.29) is 12.2 Å². The Morgan fingerprint density at radius 2 is 1.94 bits per heavy atom. The molecule has 0 aromatic rings. The van der Waals surface area contributed by atoms with E-state index in [9.17, 15) is 5.11 Å². The molecule has 0 radical (unpaired) electrons. The van der Waals surface area contributed by atoms with Gasteiger partial charge in [-0.15, -0.1) is 0 Å². The fourth-order valence-electron chi connectivity index (χ4n) is 1.82. The van der Waals surface area contributed by atoms with Crippen LogP contribution in [-0.4, -0.2) is 63.4 Å². The van der Waals surface area contributed by atoms with Crippen LogP contribution in [0.4, 0.5) is 0 Å². The number of methoxy groups -OCH3 is 1. The van der Waals surface area contributed by atoms with Crippen LogP contribution in [0, 0.1) is 0 Å². The average molecular weight is 247 g/mol. The Morgan fingerprint density at radius 1 is 1.24 bits per heavy atom. The number of aliphatic hydroxyl groups excluding tert-OH is 1. The lowest BCUT2D eigenvalue weighted by Gasteiger charge is -2.24. The first-order valence-corrected chi connectivity index (χ1v) is 6.33. The minimum atomic E-state index is -0.552. The number of hydrogen-bond acceptors (Lipinski definition) is 5. The highest BCUT2D eigenvalue weighted by Crippen LogP contribution is 2.07. The van der Waals surface area contributed by atoms with Gasteiger partial charge in [0, 0.05) is 7.11 Å². The van der Waals surface area contributed by atoms with Crippen LogP contribution in [0.5, 0.6) is 0 Å². The van der Waals surface area contributed by atoms with Gasteiger partial charge in [0.15, 0.2) is 0 Å². The molecule has 2 atom stereocenters. The molecule has 2 N–H and O–H groups in total. The summed E-state index contributed by atoms with van der Waals surface area (Å²) >= 11 is 0. The van der Waals surface area contributed by atoms with Crippen LogP contribution in [0.1, 0.15) is 19.8 Å². The summed E-state index contributed by atoms with van der Waals surface area (Å²) in [4.78, 5) is 0. The standard InChI is InChI=1S/C12H25NO4/c1-10(7-15-2)16-8-11(14)9-17-12-3-5-13-6-4-12/h10-14H,3-9H2,1-2H3. The minimum Gasteiger partial charge on any atom is -0.388 e. The second kappa shape index (κ2) is 8.83. The van der Waals surface area contributed by atoms with Crippen molar-refractivity contribution >= 4 is 0 Å². The summed E-state index contributed by atoms with van der Waals surface area (Å²) in [6.45, 7) is 5.12. The van der Waals surface area contributed by atoms with Gasteiger partial charge in [0.1, 0.15) is 6.10 Å². The molecule has 0 amide bonds. The van der Waals surface area contributed by atoms with Crippen molar-refractivity contribution < 1.29 is 19.3 Å². The van der Waals surface area contributed by atoms with Crippen LogP contribution in [0.3, 0.4) is 0 Å². The highest BCUT2D eigenvalue weighted by Gasteiger charge is 2.15. The monoisotopic (exact) mass is 247 g/mol. The van der Waals surface area contributed by atoms with Crippen LogP contribution in [0.2, 0.25) is 0 Å². The maximum Gasteiger partial charge on any atom is 0.101 e. The molecule has 0 bridgehead atoms. The highest BCUT2D eigenvalue weighted by molar-refractivity contribution is 4.69. The van der Waals surface area contributed by atoms with Gasteiger partial charge in [-0.1, -0.05) is 0 Å². The molecular weight excluding hydrogens is 222 g/mol. The normalized spacial score (nSPS) is 21.4. The van der Waals surface area contributed by atoms with Gasteiger partial charge in [0.25, 0.3) is 0 Å². The van der Waals surface area contributed by atoms with Gasteiger partial charge >= 0.3 is 0 Å². The van der Waals surface area contributed by atoms with Gasteiger partial charge in [-0.2, -0.15) is 0 Å². The predicted octanol–water partition coefficient (Wildman–Crippen LogP) is 0.167. The summed E-state index contributed by atoms with van der Waals surface area (Å²) in [5.41, 5.74) is 0. The summed E-state index contributed by atoms with van der Waals surface area (Å²) < 4.78 is 16.0. The van der Waals surface area contributed by atoms with Gasteiger partial charge in [0.05, 0.1) is 32.0 Å². The summed E-state index contributed by atoms with van der Waals surface area (Å²) in [6.07, 6.45) is 1.78. The number of aliphatic hydroxyl groups is 1. The van der Waals surface area contributed by atoms with Crippen LogP contribution >= 0.6 is 0 Å². The first-order chi connectivity index (χ1) is 8.22. The quantitative estimate of drug-likeness (QED) is 0.640. The molecular formula is C12H25NO4. The maximum absolute atomic E-state index is 9.69. The Hall–Kier alpha value is -0.200. The Labute approximate surface area is 103 Å². The molecule has 5 nitrogen and oxygen atoms in total. The molecule has 0 aromatic heterocycles. The zero-order chi connectivity index (χ0) is 12.5. The van der Waals surface area contributed by atoms with Gasteiger partial charge in [-0.25, -0.2) is 0 Å². The molecule has 17 heavy (non-hydrogen) atoms. The van der Waals surface area contributed by atoms with Crippen molar-refractivity contribution in [1.82, 2.24) is 5.32 Å². The third-order valence-corrected chi connectivity index (χ3v) is 2.78. The third-order valence-electron chi connectivity index (χ3n) is 2.78. The SMILES string of the molecule is COCC(C)OCC(O)COC1CCNCC1. The largest absolute Gasteiger partial charge is 0.388 e. The Bertz CT molecular complexity index is 185. The number of nitrogens with one attached hydrogen (secondary N) is 1. The molecule has 5 heteroatoms. The molecule has 1 fully saturated rings. The summed E-state index contributed by atoms with van der Waals surface area (Å²) in [5.74, 6) is 0. The first-order valence-electron chi connectivity index (χ1n) is 6.33. The lowest BCUT2D eigenvalue weighted by atomic mass is 10.1. The topological polar surface area (TPSA) is 60.0 Å². The van der Waals surface area contributed by atoms with Crippen molar-refractivity contribution in [2.75, 3.05) is 40.0 Å². The van der Waals surface area contributed by atoms with Crippen LogP contribution < -0.4 is 5.32 Å². The molecule has 0 saturated carbocycles. The molecule has 1 heterocycles. The van der Waals surface area contributed by atoms with Crippen LogP contribution in [0.15, 0.2) is 0 Å². The van der Waals surface area contributed by atoms with E-state index < -0.39 is 6.10 Å². The number of hydrogen-bond donors (Lipinski definition) is 2. The van der Waals surface area contributed by atoms with Crippen LogP contribution in [0.25, 0.3) is 0 Å². The van der Waals surface area contributed by atoms with E-state index in [0.29, 0.717) is 19.8 Å². The fourth-order valence-corrected chi connectivity index (χ4v) is 1.82. The number of piperidine rings is 1. The fraction of sp³-hybridized carbons (Fsp3) is 1.00. The second-order valence-corrected chi connectivity index (χ2v) is 4.54. The Morgan fingerprint density at radius 3 is 2.59 bits per heavy atom. The summed E-state index contributed by atoms with van der Waals surface area (Å²) in [5, 5.41) is 13.0. The lowest BCUT2D eigenvalue weighted by molar-refractivity contribution is -0.0739. The molecule has 2 unspecified atom stereocenters. The zero-order valence-electron chi connectivity index (χ0n) is 10.9. The smallest absolute Gasteiger partial charge is 0.101 e. The molecule has 1 saturated heterocycles. The van der Waals surface area contributed by atoms with Gasteiger partial charge in [0.2, 0.25) is 0 Å². The van der Waals surface area contributed by atoms with E-state index in [1.54, 1.807) is 7.11 Å². The minimum absolute atomic E-state index is 0.00790. The second-order valence-electron chi connectivity index (χ2n) is 4.54. The third kappa shape index (κ3) is 6.95. The zero-order valence-corrected chi connectivity index (χ0v) is 10.9. The first kappa shape index (κ1) is 14.9. The maximum atomic E-state index is 9.69. The van der Waals surface area contributed by atoms with Crippen molar-refractivity contribution in [2.45, 2.75) is 38.1 Å². The van der Waals surface area contributed by atoms with Gasteiger partial charge < -0.3 is 24.6 Å². The lowest BCUT2D eigenvalue weighted by Crippen LogP contribution is -2.35. The van der Waals surface area contributed by atoms with Gasteiger partial charge in [-0.05, 0) is 32.9 Å². The molecule has 0 aromatic carbocycles. The predicted molar refractivity (Wildman–Crippen MR) is 65.1 cm³/mol. The van der Waals surface area contributed by atoms with E-state index >= 15 is 0 Å². The average Bonchev–Trinajstić information content (AvgIpc) is 2.35. The van der Waals surface area contributed by atoms with E-state index in [2.05, 4.69) is 5.32 Å². The molecule has 0 spiro atoms. The van der Waals surface area contributed by atoms with Crippen molar-refractivity contribution in [1.29, 1.82) is 0 Å². The number of ether oxygens (including phenoxy) is 3. The highest BCUT2D eigenvalue weighted by atomic mass is 16.5. The van der Waals surface area contributed by atoms with Crippen molar-refractivity contribution in [2.24, 2.45) is 0 Å². The number of rotatable bonds is 8. The Kier molecular flexibility index (Phi) is 7.72. The van der Waals surface area contributed by atoms with Gasteiger partial charge in [-0.3, -0.25) is 0 Å². The van der Waals surface area contributed by atoms with E-state index in [1.807, 2.05) is 6.92 Å². The van der Waals surface area contributed by atoms with Crippen molar-refractivity contribution in [3.05, 3.63) is 0 Å². The van der Waals surface area contributed by atoms with E-state index in [0.717, 1.165) is 25.9 Å². The molecule has 1 rings (SSSR count). The molecule has 1 aliphatic heterocycles. The summed E-state index contributed by atoms with van der Waals surface area (Å²) in [6, 6.07) is 0.